The first-order valence-electron chi connectivity index (χ1n) is 16.2. The largest absolute Gasteiger partial charge is 0.305 e. The van der Waals surface area contributed by atoms with Gasteiger partial charge in [0.1, 0.15) is 0 Å². The van der Waals surface area contributed by atoms with E-state index in [0.717, 1.165) is 28.0 Å². The molecule has 0 unspecified atom stereocenters. The summed E-state index contributed by atoms with van der Waals surface area (Å²) >= 11 is 0. The number of fused-ring (bicyclic) bond motifs is 3. The Labute approximate surface area is 302 Å². The zero-order valence-corrected chi connectivity index (χ0v) is 30.3. The van der Waals surface area contributed by atoms with Gasteiger partial charge >= 0.3 is 0 Å². The Morgan fingerprint density at radius 1 is 0.490 bits per heavy atom. The van der Waals surface area contributed by atoms with E-state index in [4.69, 9.17) is 4.98 Å². The Balaban J connectivity index is 0.000000270. The second-order valence-corrected chi connectivity index (χ2v) is 12.2. The molecule has 241 valence electrons. The Bertz CT molecular complexity index is 2350. The van der Waals surface area contributed by atoms with Crippen molar-refractivity contribution >= 4 is 21.7 Å². The van der Waals surface area contributed by atoms with Gasteiger partial charge in [-0.05, 0) is 95.9 Å². The summed E-state index contributed by atoms with van der Waals surface area (Å²) in [5, 5.41) is 3.69. The fourth-order valence-corrected chi connectivity index (χ4v) is 6.18. The summed E-state index contributed by atoms with van der Waals surface area (Å²) in [5.41, 5.74) is 14.8. The Kier molecular flexibility index (Phi) is 10.2. The molecule has 0 atom stereocenters. The average molecular weight is 810 g/mol. The zero-order chi connectivity index (χ0) is 33.0. The maximum Gasteiger partial charge on any atom is 0.0714 e. The third-order valence-corrected chi connectivity index (χ3v) is 8.91. The number of hydrogen-bond acceptors (Lipinski definition) is 3. The first-order chi connectivity index (χ1) is 23.5. The molecule has 1 radical (unpaired) electrons. The van der Waals surface area contributed by atoms with E-state index in [-0.39, 0.29) is 20.1 Å². The minimum absolute atomic E-state index is 0. The van der Waals surface area contributed by atoms with Crippen molar-refractivity contribution in [1.82, 2.24) is 15.0 Å². The van der Waals surface area contributed by atoms with Crippen LogP contribution in [0.1, 0.15) is 22.3 Å². The molecule has 0 aliphatic heterocycles. The van der Waals surface area contributed by atoms with Gasteiger partial charge in [-0.15, -0.1) is 71.3 Å². The number of hydrogen-bond donors (Lipinski definition) is 0. The SMILES string of the molecule is Cc1ccc2c(c1)c(-c1cccc(-c3cc[c-]c(-c4cc(C)c(C)cn4)c3)c1C)cc1ncccc12.[Ir].[c-]1ccccc1-c1ccccn1. The van der Waals surface area contributed by atoms with Gasteiger partial charge in [-0.25, -0.2) is 0 Å². The molecule has 3 aromatic heterocycles. The molecule has 0 spiro atoms. The van der Waals surface area contributed by atoms with Gasteiger partial charge < -0.3 is 9.97 Å². The number of pyridine rings is 3. The standard InChI is InChI=1S/C34H27N2.C11H8N.Ir/c1-21-13-14-29-30-12-7-15-35-34(30)19-32(31(29)16-21)28-11-6-10-27(24(28)4)25-8-5-9-26(18-25)33-17-22(2)23(3)20-36-33;1-2-6-10(7-3-1)11-8-4-5-9-12-11;/h5-8,10-20H,1-4H3;1-6,8-9H;/q2*-1;. The summed E-state index contributed by atoms with van der Waals surface area (Å²) in [6.45, 7) is 8.60. The number of aromatic nitrogens is 3. The van der Waals surface area contributed by atoms with Gasteiger partial charge in [-0.3, -0.25) is 4.98 Å². The van der Waals surface area contributed by atoms with Crippen LogP contribution in [0.5, 0.6) is 0 Å². The Hall–Kier alpha value is -5.28. The first-order valence-corrected chi connectivity index (χ1v) is 16.2. The van der Waals surface area contributed by atoms with E-state index < -0.39 is 0 Å². The average Bonchev–Trinajstić information content (AvgIpc) is 3.13. The van der Waals surface area contributed by atoms with Gasteiger partial charge in [-0.2, -0.15) is 0 Å². The minimum Gasteiger partial charge on any atom is -0.305 e. The summed E-state index contributed by atoms with van der Waals surface area (Å²) in [5.74, 6) is 0. The Morgan fingerprint density at radius 3 is 2.10 bits per heavy atom. The van der Waals surface area contributed by atoms with Crippen LogP contribution >= 0.6 is 0 Å². The molecular formula is C45H35IrN3-2. The Morgan fingerprint density at radius 2 is 1.31 bits per heavy atom. The number of nitrogens with zero attached hydrogens (tertiary/aromatic N) is 3. The molecule has 0 aliphatic rings. The van der Waals surface area contributed by atoms with Crippen LogP contribution in [0.25, 0.3) is 66.4 Å². The molecule has 8 rings (SSSR count). The van der Waals surface area contributed by atoms with Crippen molar-refractivity contribution in [3.8, 4) is 44.8 Å². The van der Waals surface area contributed by atoms with Gasteiger partial charge in [0.05, 0.1) is 5.52 Å². The second kappa shape index (κ2) is 14.9. The van der Waals surface area contributed by atoms with E-state index in [0.29, 0.717) is 0 Å². The van der Waals surface area contributed by atoms with Gasteiger partial charge in [0.15, 0.2) is 0 Å². The van der Waals surface area contributed by atoms with Crippen molar-refractivity contribution in [2.24, 2.45) is 0 Å². The topological polar surface area (TPSA) is 38.7 Å². The first kappa shape index (κ1) is 33.6. The molecule has 0 bridgehead atoms. The summed E-state index contributed by atoms with van der Waals surface area (Å²) in [7, 11) is 0. The van der Waals surface area contributed by atoms with Crippen molar-refractivity contribution < 1.29 is 20.1 Å². The van der Waals surface area contributed by atoms with Crippen LogP contribution in [0, 0.1) is 39.8 Å². The molecule has 0 amide bonds. The van der Waals surface area contributed by atoms with E-state index >= 15 is 0 Å². The maximum absolute atomic E-state index is 4.70. The summed E-state index contributed by atoms with van der Waals surface area (Å²) < 4.78 is 0. The van der Waals surface area contributed by atoms with E-state index in [1.54, 1.807) is 6.20 Å². The van der Waals surface area contributed by atoms with E-state index in [1.807, 2.05) is 67.0 Å². The van der Waals surface area contributed by atoms with Crippen molar-refractivity contribution in [1.29, 1.82) is 0 Å². The van der Waals surface area contributed by atoms with E-state index in [1.165, 1.54) is 60.7 Å². The summed E-state index contributed by atoms with van der Waals surface area (Å²) in [6.07, 6.45) is 5.60. The number of benzene rings is 5. The molecule has 0 saturated heterocycles. The minimum atomic E-state index is 0. The molecule has 8 aromatic rings. The van der Waals surface area contributed by atoms with E-state index in [2.05, 4.69) is 117 Å². The van der Waals surface area contributed by atoms with Crippen molar-refractivity contribution in [3.63, 3.8) is 0 Å². The second-order valence-electron chi connectivity index (χ2n) is 12.2. The van der Waals surface area contributed by atoms with Crippen LogP contribution in [0.4, 0.5) is 0 Å². The normalized spacial score (nSPS) is 10.7. The van der Waals surface area contributed by atoms with Crippen molar-refractivity contribution in [2.45, 2.75) is 27.7 Å². The monoisotopic (exact) mass is 810 g/mol. The van der Waals surface area contributed by atoms with Crippen LogP contribution in [0.3, 0.4) is 0 Å². The molecule has 0 saturated carbocycles. The third kappa shape index (κ3) is 7.12. The molecule has 4 heteroatoms. The quantitative estimate of drug-likeness (QED) is 0.131. The smallest absolute Gasteiger partial charge is 0.0714 e. The fraction of sp³-hybridized carbons (Fsp3) is 0.0889. The van der Waals surface area contributed by atoms with Gasteiger partial charge in [0.2, 0.25) is 0 Å². The molecule has 3 nitrogen and oxygen atoms in total. The molecular weight excluding hydrogens is 775 g/mol. The van der Waals surface area contributed by atoms with Crippen molar-refractivity contribution in [2.75, 3.05) is 0 Å². The van der Waals surface area contributed by atoms with Gasteiger partial charge in [-0.1, -0.05) is 71.8 Å². The van der Waals surface area contributed by atoms with Gasteiger partial charge in [0, 0.05) is 44.1 Å². The van der Waals surface area contributed by atoms with Crippen molar-refractivity contribution in [3.05, 3.63) is 174 Å². The van der Waals surface area contributed by atoms with Gasteiger partial charge in [0.25, 0.3) is 0 Å². The van der Waals surface area contributed by atoms with E-state index in [9.17, 15) is 0 Å². The predicted molar refractivity (Wildman–Crippen MR) is 200 cm³/mol. The maximum atomic E-state index is 4.70. The van der Waals surface area contributed by atoms with Crippen LogP contribution in [-0.2, 0) is 20.1 Å². The fourth-order valence-electron chi connectivity index (χ4n) is 6.18. The molecule has 5 aromatic carbocycles. The number of aryl methyl sites for hydroxylation is 3. The summed E-state index contributed by atoms with van der Waals surface area (Å²) in [6, 6.07) is 48.4. The van der Waals surface area contributed by atoms with Crippen LogP contribution < -0.4 is 0 Å². The van der Waals surface area contributed by atoms with Crippen LogP contribution in [0.2, 0.25) is 0 Å². The molecule has 49 heavy (non-hydrogen) atoms. The van der Waals surface area contributed by atoms with Crippen LogP contribution in [0.15, 0.2) is 140 Å². The predicted octanol–water partition coefficient (Wildman–Crippen LogP) is 11.4. The molecule has 3 heterocycles. The molecule has 0 aliphatic carbocycles. The van der Waals surface area contributed by atoms with Crippen LogP contribution in [-0.4, -0.2) is 15.0 Å². The number of rotatable bonds is 4. The third-order valence-electron chi connectivity index (χ3n) is 8.91. The molecule has 0 fully saturated rings. The summed E-state index contributed by atoms with van der Waals surface area (Å²) in [4.78, 5) is 13.6. The molecule has 0 N–H and O–H groups in total. The zero-order valence-electron chi connectivity index (χ0n) is 28.0.